The third-order valence-corrected chi connectivity index (χ3v) is 4.05. The molecule has 112 valence electrons. The van der Waals surface area contributed by atoms with Gasteiger partial charge in [0.2, 0.25) is 0 Å². The van der Waals surface area contributed by atoms with Gasteiger partial charge < -0.3 is 10.2 Å². The van der Waals surface area contributed by atoms with Crippen molar-refractivity contribution in [3.05, 3.63) is 17.7 Å². The first-order chi connectivity index (χ1) is 9.52. The van der Waals surface area contributed by atoms with Gasteiger partial charge >= 0.3 is 0 Å². The topological polar surface area (TPSA) is 28.2 Å². The van der Waals surface area contributed by atoms with Gasteiger partial charge in [0.25, 0.3) is 0 Å². The second-order valence-corrected chi connectivity index (χ2v) is 5.69. The Bertz CT molecular complexity index is 465. The summed E-state index contributed by atoms with van der Waals surface area (Å²) in [4.78, 5) is 5.99. The van der Waals surface area contributed by atoms with Crippen LogP contribution in [0.2, 0.25) is 0 Å². The van der Waals surface area contributed by atoms with Crippen LogP contribution in [-0.4, -0.2) is 24.6 Å². The molecule has 0 bridgehead atoms. The molecular formula is C15H23F2N3. The van der Waals surface area contributed by atoms with Crippen molar-refractivity contribution in [2.45, 2.75) is 45.6 Å². The zero-order chi connectivity index (χ0) is 14.7. The molecule has 1 aromatic heterocycles. The maximum atomic E-state index is 14.0. The van der Waals surface area contributed by atoms with Crippen LogP contribution in [0.5, 0.6) is 0 Å². The zero-order valence-electron chi connectivity index (χ0n) is 12.4. The van der Waals surface area contributed by atoms with Gasteiger partial charge in [-0.2, -0.15) is 0 Å². The number of nitrogens with zero attached hydrogens (tertiary/aromatic N) is 2. The van der Waals surface area contributed by atoms with Crippen LogP contribution in [0.1, 0.15) is 39.5 Å². The highest BCUT2D eigenvalue weighted by Gasteiger charge is 2.25. The minimum atomic E-state index is -0.640. The normalized spacial score (nSPS) is 22.6. The van der Waals surface area contributed by atoms with Gasteiger partial charge in [-0.25, -0.2) is 13.8 Å². The molecule has 2 atom stereocenters. The van der Waals surface area contributed by atoms with Crippen molar-refractivity contribution in [2.24, 2.45) is 5.92 Å². The highest BCUT2D eigenvalue weighted by Crippen LogP contribution is 2.31. The predicted molar refractivity (Wildman–Crippen MR) is 78.1 cm³/mol. The third-order valence-electron chi connectivity index (χ3n) is 4.05. The number of halogens is 2. The molecule has 5 heteroatoms. The van der Waals surface area contributed by atoms with E-state index < -0.39 is 11.6 Å². The van der Waals surface area contributed by atoms with E-state index in [1.165, 1.54) is 6.42 Å². The van der Waals surface area contributed by atoms with E-state index in [0.29, 0.717) is 12.5 Å². The molecule has 1 fully saturated rings. The van der Waals surface area contributed by atoms with Crippen LogP contribution in [0, 0.1) is 17.6 Å². The average Bonchev–Trinajstić information content (AvgIpc) is 2.41. The van der Waals surface area contributed by atoms with E-state index in [9.17, 15) is 8.78 Å². The van der Waals surface area contributed by atoms with Gasteiger partial charge in [-0.3, -0.25) is 0 Å². The number of hydrogen-bond acceptors (Lipinski definition) is 3. The SMILES string of the molecule is CCNc1nc(N(C)C2CCCC(C)C2)c(F)cc1F. The lowest BCUT2D eigenvalue weighted by Crippen LogP contribution is -2.36. The molecule has 0 aromatic carbocycles. The van der Waals surface area contributed by atoms with Gasteiger partial charge in [-0.15, -0.1) is 0 Å². The molecule has 2 rings (SSSR count). The van der Waals surface area contributed by atoms with E-state index in [4.69, 9.17) is 0 Å². The maximum absolute atomic E-state index is 14.0. The van der Waals surface area contributed by atoms with E-state index in [2.05, 4.69) is 17.2 Å². The fourth-order valence-electron chi connectivity index (χ4n) is 2.92. The number of nitrogens with one attached hydrogen (secondary N) is 1. The second kappa shape index (κ2) is 6.37. The van der Waals surface area contributed by atoms with Crippen molar-refractivity contribution < 1.29 is 8.78 Å². The molecular weight excluding hydrogens is 260 g/mol. The number of hydrogen-bond donors (Lipinski definition) is 1. The van der Waals surface area contributed by atoms with Gasteiger partial charge in [-0.05, 0) is 25.7 Å². The molecule has 0 spiro atoms. The molecule has 20 heavy (non-hydrogen) atoms. The summed E-state index contributed by atoms with van der Waals surface area (Å²) in [5, 5.41) is 2.83. The van der Waals surface area contributed by atoms with E-state index in [1.807, 2.05) is 18.9 Å². The van der Waals surface area contributed by atoms with Crippen LogP contribution in [0.3, 0.4) is 0 Å². The molecule has 2 unspecified atom stereocenters. The van der Waals surface area contributed by atoms with Crippen LogP contribution in [-0.2, 0) is 0 Å². The molecule has 1 heterocycles. The lowest BCUT2D eigenvalue weighted by Gasteiger charge is -2.35. The Morgan fingerprint density at radius 3 is 2.75 bits per heavy atom. The summed E-state index contributed by atoms with van der Waals surface area (Å²) in [5.74, 6) is -0.225. The Labute approximate surface area is 119 Å². The van der Waals surface area contributed by atoms with Gasteiger partial charge in [0, 0.05) is 25.7 Å². The smallest absolute Gasteiger partial charge is 0.168 e. The summed E-state index contributed by atoms with van der Waals surface area (Å²) >= 11 is 0. The van der Waals surface area contributed by atoms with Crippen molar-refractivity contribution in [1.29, 1.82) is 0 Å². The molecule has 1 aliphatic carbocycles. The Balaban J connectivity index is 2.24. The second-order valence-electron chi connectivity index (χ2n) is 5.69. The van der Waals surface area contributed by atoms with Crippen LogP contribution in [0.25, 0.3) is 0 Å². The summed E-state index contributed by atoms with van der Waals surface area (Å²) in [5.41, 5.74) is 0. The molecule has 0 saturated heterocycles. The number of aromatic nitrogens is 1. The first kappa shape index (κ1) is 15.0. The molecule has 1 N–H and O–H groups in total. The Morgan fingerprint density at radius 2 is 2.10 bits per heavy atom. The van der Waals surface area contributed by atoms with Crippen molar-refractivity contribution in [3.63, 3.8) is 0 Å². The van der Waals surface area contributed by atoms with Crippen molar-refractivity contribution in [1.82, 2.24) is 4.98 Å². The number of rotatable bonds is 4. The molecule has 1 aliphatic rings. The van der Waals surface area contributed by atoms with Crippen LogP contribution < -0.4 is 10.2 Å². The van der Waals surface area contributed by atoms with E-state index in [1.54, 1.807) is 0 Å². The third kappa shape index (κ3) is 3.19. The summed E-state index contributed by atoms with van der Waals surface area (Å²) in [6, 6.07) is 1.20. The van der Waals surface area contributed by atoms with Gasteiger partial charge in [0.15, 0.2) is 23.3 Å². The number of pyridine rings is 1. The summed E-state index contributed by atoms with van der Waals surface area (Å²) in [7, 11) is 1.85. The predicted octanol–water partition coefficient (Wildman–Crippen LogP) is 3.81. The first-order valence-corrected chi connectivity index (χ1v) is 7.35. The fraction of sp³-hybridized carbons (Fsp3) is 0.667. The largest absolute Gasteiger partial charge is 0.368 e. The Kier molecular flexibility index (Phi) is 4.78. The van der Waals surface area contributed by atoms with Crippen LogP contribution >= 0.6 is 0 Å². The zero-order valence-corrected chi connectivity index (χ0v) is 12.4. The molecule has 1 aromatic rings. The minimum absolute atomic E-state index is 0.125. The van der Waals surface area contributed by atoms with Gasteiger partial charge in [0.1, 0.15) is 0 Å². The Morgan fingerprint density at radius 1 is 1.35 bits per heavy atom. The lowest BCUT2D eigenvalue weighted by atomic mass is 9.86. The lowest BCUT2D eigenvalue weighted by molar-refractivity contribution is 0.334. The standard InChI is InChI=1S/C15H23F2N3/c1-4-18-14-12(16)9-13(17)15(19-14)20(3)11-7-5-6-10(2)8-11/h9-11H,4-8H2,1-3H3,(H,18,19). The minimum Gasteiger partial charge on any atom is -0.368 e. The molecule has 0 radical (unpaired) electrons. The monoisotopic (exact) mass is 283 g/mol. The molecule has 1 saturated carbocycles. The fourth-order valence-corrected chi connectivity index (χ4v) is 2.92. The maximum Gasteiger partial charge on any atom is 0.168 e. The molecule has 0 aliphatic heterocycles. The van der Waals surface area contributed by atoms with E-state index in [-0.39, 0.29) is 17.7 Å². The average molecular weight is 283 g/mol. The summed E-state index contributed by atoms with van der Waals surface area (Å²) in [6.07, 6.45) is 4.45. The van der Waals surface area contributed by atoms with Crippen molar-refractivity contribution in [2.75, 3.05) is 23.8 Å². The first-order valence-electron chi connectivity index (χ1n) is 7.35. The molecule has 0 amide bonds. The van der Waals surface area contributed by atoms with Gasteiger partial charge in [-0.1, -0.05) is 19.8 Å². The van der Waals surface area contributed by atoms with Gasteiger partial charge in [0.05, 0.1) is 0 Å². The summed E-state index contributed by atoms with van der Waals surface area (Å²) < 4.78 is 27.6. The van der Waals surface area contributed by atoms with Crippen molar-refractivity contribution in [3.8, 4) is 0 Å². The highest BCUT2D eigenvalue weighted by atomic mass is 19.1. The Hall–Kier alpha value is -1.39. The van der Waals surface area contributed by atoms with Crippen molar-refractivity contribution >= 4 is 11.6 Å². The highest BCUT2D eigenvalue weighted by molar-refractivity contribution is 5.49. The molecule has 3 nitrogen and oxygen atoms in total. The summed E-state index contributed by atoms with van der Waals surface area (Å²) in [6.45, 7) is 4.63. The van der Waals surface area contributed by atoms with Crippen LogP contribution in [0.4, 0.5) is 20.4 Å². The van der Waals surface area contributed by atoms with E-state index in [0.717, 1.165) is 25.3 Å². The van der Waals surface area contributed by atoms with Crippen LogP contribution in [0.15, 0.2) is 6.07 Å². The quantitative estimate of drug-likeness (QED) is 0.911. The number of anilines is 2. The van der Waals surface area contributed by atoms with E-state index >= 15 is 0 Å².